The molecular formula is C15H19ClN2O3. The van der Waals surface area contributed by atoms with Gasteiger partial charge in [0.15, 0.2) is 0 Å². The quantitative estimate of drug-likeness (QED) is 0.755. The molecule has 0 saturated heterocycles. The molecule has 1 aromatic carbocycles. The van der Waals surface area contributed by atoms with Crippen molar-refractivity contribution in [3.05, 3.63) is 29.3 Å². The van der Waals surface area contributed by atoms with Crippen LogP contribution in [0.25, 0.3) is 0 Å². The highest BCUT2D eigenvalue weighted by atomic mass is 35.5. The van der Waals surface area contributed by atoms with E-state index in [-0.39, 0.29) is 18.4 Å². The van der Waals surface area contributed by atoms with Crippen LogP contribution in [0.3, 0.4) is 0 Å². The first-order valence-electron chi connectivity index (χ1n) is 7.09. The Morgan fingerprint density at radius 1 is 1.24 bits per heavy atom. The Kier molecular flexibility index (Phi) is 5.59. The monoisotopic (exact) mass is 310 g/mol. The van der Waals surface area contributed by atoms with Crippen molar-refractivity contribution in [3.8, 4) is 0 Å². The summed E-state index contributed by atoms with van der Waals surface area (Å²) in [6, 6.07) is 6.06. The minimum Gasteiger partial charge on any atom is -0.480 e. The SMILES string of the molecule is O=C(C[C@H](NC1CCCC1)C(=O)O)Nc1ccc(Cl)cc1. The zero-order valence-corrected chi connectivity index (χ0v) is 12.4. The van der Waals surface area contributed by atoms with Crippen molar-refractivity contribution in [1.82, 2.24) is 5.32 Å². The molecule has 0 unspecified atom stereocenters. The molecule has 21 heavy (non-hydrogen) atoms. The molecule has 114 valence electrons. The maximum absolute atomic E-state index is 11.9. The van der Waals surface area contributed by atoms with Crippen LogP contribution in [0, 0.1) is 0 Å². The molecule has 1 saturated carbocycles. The van der Waals surface area contributed by atoms with Crippen LogP contribution < -0.4 is 10.6 Å². The van der Waals surface area contributed by atoms with Crippen molar-refractivity contribution in [2.45, 2.75) is 44.2 Å². The van der Waals surface area contributed by atoms with Gasteiger partial charge >= 0.3 is 5.97 Å². The van der Waals surface area contributed by atoms with Crippen LogP contribution in [-0.4, -0.2) is 29.1 Å². The topological polar surface area (TPSA) is 78.4 Å². The number of rotatable bonds is 6. The molecule has 3 N–H and O–H groups in total. The molecular weight excluding hydrogens is 292 g/mol. The predicted octanol–water partition coefficient (Wildman–Crippen LogP) is 2.65. The average molecular weight is 311 g/mol. The van der Waals surface area contributed by atoms with Gasteiger partial charge in [-0.1, -0.05) is 24.4 Å². The number of hydrogen-bond donors (Lipinski definition) is 3. The summed E-state index contributed by atoms with van der Waals surface area (Å²) in [5, 5.41) is 15.5. The summed E-state index contributed by atoms with van der Waals surface area (Å²) < 4.78 is 0. The summed E-state index contributed by atoms with van der Waals surface area (Å²) in [5.74, 6) is -1.32. The predicted molar refractivity (Wildman–Crippen MR) is 81.5 cm³/mol. The number of hydrogen-bond acceptors (Lipinski definition) is 3. The normalized spacial score (nSPS) is 16.6. The number of aliphatic carboxylic acids is 1. The maximum atomic E-state index is 11.9. The Morgan fingerprint density at radius 2 is 1.86 bits per heavy atom. The van der Waals surface area contributed by atoms with Gasteiger partial charge < -0.3 is 15.7 Å². The van der Waals surface area contributed by atoms with E-state index in [1.54, 1.807) is 24.3 Å². The number of amides is 1. The largest absolute Gasteiger partial charge is 0.480 e. The van der Waals surface area contributed by atoms with E-state index in [4.69, 9.17) is 11.6 Å². The summed E-state index contributed by atoms with van der Waals surface area (Å²) in [4.78, 5) is 23.2. The molecule has 6 heteroatoms. The molecule has 1 amide bonds. The molecule has 1 atom stereocenters. The third-order valence-corrected chi connectivity index (χ3v) is 3.86. The first-order chi connectivity index (χ1) is 10.0. The molecule has 1 aromatic rings. The van der Waals surface area contributed by atoms with Gasteiger partial charge in [-0.3, -0.25) is 9.59 Å². The van der Waals surface area contributed by atoms with Crippen molar-refractivity contribution >= 4 is 29.2 Å². The van der Waals surface area contributed by atoms with Gasteiger partial charge in [-0.2, -0.15) is 0 Å². The minimum absolute atomic E-state index is 0.0888. The van der Waals surface area contributed by atoms with Crippen LogP contribution in [-0.2, 0) is 9.59 Å². The Morgan fingerprint density at radius 3 is 2.43 bits per heavy atom. The van der Waals surface area contributed by atoms with E-state index in [9.17, 15) is 14.7 Å². The molecule has 0 radical (unpaired) electrons. The van der Waals surface area contributed by atoms with Crippen LogP contribution >= 0.6 is 11.6 Å². The summed E-state index contributed by atoms with van der Waals surface area (Å²) in [7, 11) is 0. The standard InChI is InChI=1S/C15H19ClN2O3/c16-10-5-7-12(8-6-10)18-14(19)9-13(15(20)21)17-11-3-1-2-4-11/h5-8,11,13,17H,1-4,9H2,(H,18,19)(H,20,21)/t13-/m0/s1. The molecule has 0 spiro atoms. The van der Waals surface area contributed by atoms with Crippen LogP contribution in [0.5, 0.6) is 0 Å². The first-order valence-corrected chi connectivity index (χ1v) is 7.46. The number of carbonyl (C=O) groups is 2. The summed E-state index contributed by atoms with van der Waals surface area (Å²) in [5.41, 5.74) is 0.606. The highest BCUT2D eigenvalue weighted by Gasteiger charge is 2.26. The van der Waals surface area contributed by atoms with Gasteiger partial charge in [0.05, 0.1) is 6.42 Å². The number of carboxylic acids is 1. The van der Waals surface area contributed by atoms with Gasteiger partial charge in [0.25, 0.3) is 0 Å². The zero-order chi connectivity index (χ0) is 15.2. The second kappa shape index (κ2) is 7.43. The Balaban J connectivity index is 1.88. The van der Waals surface area contributed by atoms with E-state index in [0.717, 1.165) is 25.7 Å². The lowest BCUT2D eigenvalue weighted by Gasteiger charge is -2.19. The lowest BCUT2D eigenvalue weighted by molar-refractivity contribution is -0.141. The molecule has 0 bridgehead atoms. The van der Waals surface area contributed by atoms with E-state index in [1.807, 2.05) is 0 Å². The lowest BCUT2D eigenvalue weighted by Crippen LogP contribution is -2.44. The minimum atomic E-state index is -0.992. The highest BCUT2D eigenvalue weighted by Crippen LogP contribution is 2.19. The van der Waals surface area contributed by atoms with Crippen LogP contribution in [0.2, 0.25) is 5.02 Å². The number of benzene rings is 1. The number of carbonyl (C=O) groups excluding carboxylic acids is 1. The molecule has 0 heterocycles. The van der Waals surface area contributed by atoms with E-state index >= 15 is 0 Å². The van der Waals surface area contributed by atoms with Crippen LogP contribution in [0.15, 0.2) is 24.3 Å². The molecule has 5 nitrogen and oxygen atoms in total. The molecule has 0 aromatic heterocycles. The molecule has 1 aliphatic rings. The number of carboxylic acid groups (broad SMARTS) is 1. The highest BCUT2D eigenvalue weighted by molar-refractivity contribution is 6.30. The van der Waals surface area contributed by atoms with E-state index in [2.05, 4.69) is 10.6 Å². The van der Waals surface area contributed by atoms with Crippen molar-refractivity contribution in [2.75, 3.05) is 5.32 Å². The van der Waals surface area contributed by atoms with Crippen molar-refractivity contribution < 1.29 is 14.7 Å². The van der Waals surface area contributed by atoms with Crippen molar-refractivity contribution in [3.63, 3.8) is 0 Å². The fourth-order valence-electron chi connectivity index (χ4n) is 2.53. The molecule has 0 aliphatic heterocycles. The first kappa shape index (κ1) is 15.8. The van der Waals surface area contributed by atoms with E-state index < -0.39 is 12.0 Å². The average Bonchev–Trinajstić information content (AvgIpc) is 2.93. The third-order valence-electron chi connectivity index (χ3n) is 3.61. The second-order valence-corrected chi connectivity index (χ2v) is 5.73. The van der Waals surface area contributed by atoms with Crippen LogP contribution in [0.4, 0.5) is 5.69 Å². The van der Waals surface area contributed by atoms with Gasteiger partial charge in [0.1, 0.15) is 6.04 Å². The summed E-state index contributed by atoms with van der Waals surface area (Å²) in [6.07, 6.45) is 4.08. The van der Waals surface area contributed by atoms with Crippen molar-refractivity contribution in [1.29, 1.82) is 0 Å². The lowest BCUT2D eigenvalue weighted by atomic mass is 10.1. The smallest absolute Gasteiger partial charge is 0.321 e. The van der Waals surface area contributed by atoms with Gasteiger partial charge in [0, 0.05) is 16.8 Å². The fraction of sp³-hybridized carbons (Fsp3) is 0.467. The Bertz CT molecular complexity index is 498. The molecule has 2 rings (SSSR count). The zero-order valence-electron chi connectivity index (χ0n) is 11.6. The fourth-order valence-corrected chi connectivity index (χ4v) is 2.65. The van der Waals surface area contributed by atoms with E-state index in [1.165, 1.54) is 0 Å². The third kappa shape index (κ3) is 5.02. The van der Waals surface area contributed by atoms with Gasteiger partial charge in [0.2, 0.25) is 5.91 Å². The van der Waals surface area contributed by atoms with Gasteiger partial charge in [-0.25, -0.2) is 0 Å². The van der Waals surface area contributed by atoms with Crippen LogP contribution in [0.1, 0.15) is 32.1 Å². The Labute approximate surface area is 128 Å². The maximum Gasteiger partial charge on any atom is 0.321 e. The molecule has 1 fully saturated rings. The van der Waals surface area contributed by atoms with E-state index in [0.29, 0.717) is 10.7 Å². The van der Waals surface area contributed by atoms with Gasteiger partial charge in [-0.05, 0) is 37.1 Å². The van der Waals surface area contributed by atoms with Crippen molar-refractivity contribution in [2.24, 2.45) is 0 Å². The van der Waals surface area contributed by atoms with Gasteiger partial charge in [-0.15, -0.1) is 0 Å². The second-order valence-electron chi connectivity index (χ2n) is 5.30. The summed E-state index contributed by atoms with van der Waals surface area (Å²) >= 11 is 5.77. The number of nitrogens with one attached hydrogen (secondary N) is 2. The molecule has 1 aliphatic carbocycles. The number of anilines is 1. The number of halogens is 1. The Hall–Kier alpha value is -1.59. The summed E-state index contributed by atoms with van der Waals surface area (Å²) in [6.45, 7) is 0.